The van der Waals surface area contributed by atoms with Crippen LogP contribution in [0, 0.1) is 0 Å². The molecule has 6 aromatic rings. The van der Waals surface area contributed by atoms with Gasteiger partial charge in [-0.05, 0) is 52.9 Å². The molecule has 1 saturated heterocycles. The molecule has 0 atom stereocenters. The van der Waals surface area contributed by atoms with Crippen molar-refractivity contribution in [1.82, 2.24) is 24.7 Å². The maximum Gasteiger partial charge on any atom is 0.261 e. The minimum atomic E-state index is -0.213. The van der Waals surface area contributed by atoms with E-state index in [1.54, 1.807) is 11.3 Å². The second-order valence-electron chi connectivity index (χ2n) is 11.4. The fourth-order valence-corrected chi connectivity index (χ4v) is 7.68. The van der Waals surface area contributed by atoms with Gasteiger partial charge < -0.3 is 9.88 Å². The van der Waals surface area contributed by atoms with Crippen LogP contribution in [0.3, 0.4) is 0 Å². The smallest absolute Gasteiger partial charge is 0.261 e. The molecule has 7 nitrogen and oxygen atoms in total. The summed E-state index contributed by atoms with van der Waals surface area (Å²) in [5.74, 6) is -0.425. The quantitative estimate of drug-likeness (QED) is 0.170. The summed E-state index contributed by atoms with van der Waals surface area (Å²) in [5, 5.41) is 7.09. The normalized spacial score (nSPS) is 15.6. The van der Waals surface area contributed by atoms with Crippen LogP contribution in [0.1, 0.15) is 20.7 Å². The molecular weight excluding hydrogens is 566 g/mol. The summed E-state index contributed by atoms with van der Waals surface area (Å²) in [6, 6.07) is 24.4. The highest BCUT2D eigenvalue weighted by molar-refractivity contribution is 7.21. The van der Waals surface area contributed by atoms with Crippen LogP contribution in [0.25, 0.3) is 53.6 Å². The van der Waals surface area contributed by atoms with Crippen LogP contribution in [0.5, 0.6) is 0 Å². The summed E-state index contributed by atoms with van der Waals surface area (Å²) in [5.41, 5.74) is 6.39. The first-order valence-electron chi connectivity index (χ1n) is 15.1. The molecule has 2 aliphatic heterocycles. The second-order valence-corrected chi connectivity index (χ2v) is 12.5. The van der Waals surface area contributed by atoms with Gasteiger partial charge in [0, 0.05) is 85.0 Å². The number of allylic oxidation sites excluding steroid dienone is 1. The molecule has 44 heavy (non-hydrogen) atoms. The number of rotatable bonds is 7. The van der Waals surface area contributed by atoms with Crippen molar-refractivity contribution in [2.45, 2.75) is 6.54 Å². The van der Waals surface area contributed by atoms with Gasteiger partial charge in [-0.15, -0.1) is 17.9 Å². The van der Waals surface area contributed by atoms with Gasteiger partial charge in [0.15, 0.2) is 0 Å². The number of hydrogen-bond donors (Lipinski definition) is 1. The topological polar surface area (TPSA) is 70.5 Å². The number of para-hydroxylation sites is 1. The van der Waals surface area contributed by atoms with E-state index in [2.05, 4.69) is 51.8 Å². The lowest BCUT2D eigenvalue weighted by molar-refractivity contribution is 0.0590. The third-order valence-electron chi connectivity index (χ3n) is 8.88. The van der Waals surface area contributed by atoms with Crippen molar-refractivity contribution in [2.24, 2.45) is 0 Å². The third-order valence-corrected chi connectivity index (χ3v) is 9.95. The molecule has 0 unspecified atom stereocenters. The van der Waals surface area contributed by atoms with Gasteiger partial charge in [0.2, 0.25) is 0 Å². The van der Waals surface area contributed by atoms with Gasteiger partial charge in [0.25, 0.3) is 11.8 Å². The largest absolute Gasteiger partial charge is 0.343 e. The molecule has 0 bridgehead atoms. The molecule has 8 heteroatoms. The Morgan fingerprint density at radius 2 is 1.64 bits per heavy atom. The summed E-state index contributed by atoms with van der Waals surface area (Å²) in [6.45, 7) is 9.44. The number of nitrogens with zero attached hydrogens (tertiary/aromatic N) is 4. The van der Waals surface area contributed by atoms with E-state index in [9.17, 15) is 9.59 Å². The zero-order chi connectivity index (χ0) is 29.8. The zero-order valence-corrected chi connectivity index (χ0v) is 25.1. The van der Waals surface area contributed by atoms with E-state index in [1.807, 2.05) is 54.6 Å². The van der Waals surface area contributed by atoms with Crippen LogP contribution in [0.15, 0.2) is 91.6 Å². The SMILES string of the molecule is C=CCn1cc(-c2nc3ccccc3s2)c2cc(-c3ccc4c5c(cccc35)C(=O)N(CCN3CCNCC3)C4=O)ccc21. The first-order chi connectivity index (χ1) is 21.6. The summed E-state index contributed by atoms with van der Waals surface area (Å²) in [7, 11) is 0. The number of piperazine rings is 1. The fourth-order valence-electron chi connectivity index (χ4n) is 6.69. The average Bonchev–Trinajstić information content (AvgIpc) is 3.65. The number of carbonyl (C=O) groups is 2. The van der Waals surface area contributed by atoms with E-state index in [0.29, 0.717) is 30.8 Å². The number of carbonyl (C=O) groups excluding carboxylic acids is 2. The van der Waals surface area contributed by atoms with Crippen molar-refractivity contribution in [3.8, 4) is 21.7 Å². The van der Waals surface area contributed by atoms with E-state index in [4.69, 9.17) is 4.98 Å². The molecule has 218 valence electrons. The van der Waals surface area contributed by atoms with Crippen molar-refractivity contribution < 1.29 is 9.59 Å². The first kappa shape index (κ1) is 27.0. The maximum atomic E-state index is 13.7. The van der Waals surface area contributed by atoms with Gasteiger partial charge in [-0.3, -0.25) is 19.4 Å². The van der Waals surface area contributed by atoms with Gasteiger partial charge >= 0.3 is 0 Å². The number of nitrogens with one attached hydrogen (secondary N) is 1. The van der Waals surface area contributed by atoms with Crippen LogP contribution < -0.4 is 5.32 Å². The Labute approximate surface area is 259 Å². The standard InChI is InChI=1S/C36H31N5O2S/c1-2-16-40-22-29(34-38-30-8-3-4-9-32(30)44-34)28-21-23(10-13-31(28)40)24-11-12-27-33-25(24)6-5-7-26(33)35(42)41(36(27)43)20-19-39-17-14-37-15-18-39/h2-13,21-22,37H,1,14-20H2. The minimum Gasteiger partial charge on any atom is -0.343 e. The van der Waals surface area contributed by atoms with E-state index in [1.165, 1.54) is 4.90 Å². The highest BCUT2D eigenvalue weighted by Crippen LogP contribution is 2.40. The van der Waals surface area contributed by atoms with Gasteiger partial charge in [-0.2, -0.15) is 0 Å². The Morgan fingerprint density at radius 1 is 0.841 bits per heavy atom. The highest BCUT2D eigenvalue weighted by atomic mass is 32.1. The number of fused-ring (bicyclic) bond motifs is 2. The zero-order valence-electron chi connectivity index (χ0n) is 24.3. The summed E-state index contributed by atoms with van der Waals surface area (Å²) >= 11 is 1.69. The summed E-state index contributed by atoms with van der Waals surface area (Å²) < 4.78 is 3.36. The molecule has 2 aliphatic rings. The molecule has 2 aromatic heterocycles. The first-order valence-corrected chi connectivity index (χ1v) is 15.9. The molecule has 4 heterocycles. The summed E-state index contributed by atoms with van der Waals surface area (Å²) in [6.07, 6.45) is 4.07. The number of amides is 2. The molecule has 2 amide bonds. The molecular formula is C36H31N5O2S. The van der Waals surface area contributed by atoms with E-state index in [-0.39, 0.29) is 11.8 Å². The van der Waals surface area contributed by atoms with Crippen LogP contribution >= 0.6 is 11.3 Å². The van der Waals surface area contributed by atoms with Crippen LogP contribution in [0.2, 0.25) is 0 Å². The predicted octanol–water partition coefficient (Wildman–Crippen LogP) is 6.43. The Balaban J connectivity index is 1.22. The Bertz CT molecular complexity index is 2060. The van der Waals surface area contributed by atoms with Crippen molar-refractivity contribution in [2.75, 3.05) is 39.3 Å². The van der Waals surface area contributed by atoms with E-state index < -0.39 is 0 Å². The van der Waals surface area contributed by atoms with Crippen LogP contribution in [0.4, 0.5) is 0 Å². The molecule has 8 rings (SSSR count). The second kappa shape index (κ2) is 10.8. The Kier molecular flexibility index (Phi) is 6.63. The molecule has 0 radical (unpaired) electrons. The number of imide groups is 1. The fraction of sp³-hybridized carbons (Fsp3) is 0.194. The predicted molar refractivity (Wildman–Crippen MR) is 178 cm³/mol. The third kappa shape index (κ3) is 4.37. The Morgan fingerprint density at radius 3 is 2.45 bits per heavy atom. The lowest BCUT2D eigenvalue weighted by Crippen LogP contribution is -2.49. The van der Waals surface area contributed by atoms with Crippen LogP contribution in [-0.4, -0.2) is 70.4 Å². The molecule has 0 saturated carbocycles. The highest BCUT2D eigenvalue weighted by Gasteiger charge is 2.33. The van der Waals surface area contributed by atoms with Crippen molar-refractivity contribution in [3.05, 3.63) is 103 Å². The van der Waals surface area contributed by atoms with Crippen molar-refractivity contribution in [3.63, 3.8) is 0 Å². The lowest BCUT2D eigenvalue weighted by atomic mass is 9.88. The van der Waals surface area contributed by atoms with Gasteiger partial charge in [-0.25, -0.2) is 4.98 Å². The van der Waals surface area contributed by atoms with Gasteiger partial charge in [-0.1, -0.05) is 42.5 Å². The molecule has 1 fully saturated rings. The monoisotopic (exact) mass is 597 g/mol. The number of benzene rings is 4. The van der Waals surface area contributed by atoms with Crippen molar-refractivity contribution in [1.29, 1.82) is 0 Å². The van der Waals surface area contributed by atoms with Gasteiger partial charge in [0.05, 0.1) is 10.2 Å². The lowest BCUT2D eigenvalue weighted by Gasteiger charge is -2.32. The maximum absolute atomic E-state index is 13.7. The Hall–Kier alpha value is -4.63. The average molecular weight is 598 g/mol. The molecule has 0 spiro atoms. The molecule has 4 aromatic carbocycles. The van der Waals surface area contributed by atoms with E-state index in [0.717, 1.165) is 79.8 Å². The van der Waals surface area contributed by atoms with E-state index >= 15 is 0 Å². The minimum absolute atomic E-state index is 0.213. The van der Waals surface area contributed by atoms with Gasteiger partial charge in [0.1, 0.15) is 5.01 Å². The molecule has 1 N–H and O–H groups in total. The summed E-state index contributed by atoms with van der Waals surface area (Å²) in [4.78, 5) is 36.1. The molecule has 0 aliphatic carbocycles. The van der Waals surface area contributed by atoms with Crippen LogP contribution in [-0.2, 0) is 6.54 Å². The number of thiazole rings is 1. The number of hydrogen-bond acceptors (Lipinski definition) is 6. The number of aromatic nitrogens is 2. The van der Waals surface area contributed by atoms with Crippen molar-refractivity contribution >= 4 is 55.0 Å².